The molecular weight excluding hydrogens is 386 g/mol. The summed E-state index contributed by atoms with van der Waals surface area (Å²) in [5, 5.41) is 0. The van der Waals surface area contributed by atoms with E-state index in [0.29, 0.717) is 43.1 Å². The van der Waals surface area contributed by atoms with Crippen molar-refractivity contribution in [3.05, 3.63) is 18.2 Å². The van der Waals surface area contributed by atoms with Gasteiger partial charge >= 0.3 is 0 Å². The minimum Gasteiger partial charge on any atom is -0.493 e. The maximum absolute atomic E-state index is 13.0. The van der Waals surface area contributed by atoms with Crippen molar-refractivity contribution >= 4 is 27.5 Å². The van der Waals surface area contributed by atoms with Crippen LogP contribution in [0.2, 0.25) is 0 Å². The van der Waals surface area contributed by atoms with Gasteiger partial charge in [0.2, 0.25) is 21.8 Å². The van der Waals surface area contributed by atoms with E-state index in [1.54, 1.807) is 24.0 Å². The number of sulfonamides is 1. The molecular formula is C18H27N3O6S. The minimum absolute atomic E-state index is 0.254. The van der Waals surface area contributed by atoms with Gasteiger partial charge in [0.05, 0.1) is 26.2 Å². The molecule has 1 aliphatic heterocycles. The van der Waals surface area contributed by atoms with Gasteiger partial charge in [-0.2, -0.15) is 0 Å². The van der Waals surface area contributed by atoms with E-state index in [0.717, 1.165) is 10.6 Å². The van der Waals surface area contributed by atoms with E-state index in [9.17, 15) is 18.0 Å². The third-order valence-electron chi connectivity index (χ3n) is 4.90. The lowest BCUT2D eigenvalue weighted by Crippen LogP contribution is -2.52. The van der Waals surface area contributed by atoms with Gasteiger partial charge in [0.15, 0.2) is 11.5 Å². The summed E-state index contributed by atoms with van der Waals surface area (Å²) < 4.78 is 36.5. The lowest BCUT2D eigenvalue weighted by atomic mass is 9.96. The van der Waals surface area contributed by atoms with Crippen LogP contribution in [-0.4, -0.2) is 64.7 Å². The molecule has 1 aliphatic rings. The summed E-state index contributed by atoms with van der Waals surface area (Å²) in [4.78, 5) is 25.8. The van der Waals surface area contributed by atoms with E-state index in [4.69, 9.17) is 15.2 Å². The SMILES string of the molecule is COc1ccc(N([C@@H](C)C(=O)N2CCC(C(N)=O)CC2)S(C)(=O)=O)cc1OC. The molecule has 0 spiro atoms. The molecule has 2 N–H and O–H groups in total. The molecule has 0 aliphatic carbocycles. The fourth-order valence-electron chi connectivity index (χ4n) is 3.41. The summed E-state index contributed by atoms with van der Waals surface area (Å²) in [6.45, 7) is 2.26. The second kappa shape index (κ2) is 8.68. The molecule has 0 aromatic heterocycles. The van der Waals surface area contributed by atoms with Crippen molar-refractivity contribution < 1.29 is 27.5 Å². The van der Waals surface area contributed by atoms with E-state index < -0.39 is 16.1 Å². The fraction of sp³-hybridized carbons (Fsp3) is 0.556. The zero-order chi connectivity index (χ0) is 21.1. The molecule has 10 heteroatoms. The molecule has 1 heterocycles. The molecule has 9 nitrogen and oxygen atoms in total. The summed E-state index contributed by atoms with van der Waals surface area (Å²) in [6, 6.07) is 3.70. The lowest BCUT2D eigenvalue weighted by Gasteiger charge is -2.36. The van der Waals surface area contributed by atoms with Crippen molar-refractivity contribution in [2.75, 3.05) is 37.9 Å². The molecule has 1 aromatic rings. The number of nitrogens with zero attached hydrogens (tertiary/aromatic N) is 2. The number of ether oxygens (including phenoxy) is 2. The summed E-state index contributed by atoms with van der Waals surface area (Å²) in [6.07, 6.45) is 2.00. The number of methoxy groups -OCH3 is 2. The van der Waals surface area contributed by atoms with Crippen molar-refractivity contribution in [1.82, 2.24) is 4.90 Å². The number of rotatable bonds is 7. The number of hydrogen-bond donors (Lipinski definition) is 1. The largest absolute Gasteiger partial charge is 0.493 e. The predicted octanol–water partition coefficient (Wildman–Crippen LogP) is 0.582. The highest BCUT2D eigenvalue weighted by atomic mass is 32.2. The topological polar surface area (TPSA) is 119 Å². The fourth-order valence-corrected chi connectivity index (χ4v) is 4.57. The second-order valence-corrected chi connectivity index (χ2v) is 8.64. The van der Waals surface area contributed by atoms with E-state index in [1.807, 2.05) is 0 Å². The first-order chi connectivity index (χ1) is 13.1. The second-order valence-electron chi connectivity index (χ2n) is 6.78. The molecule has 1 fully saturated rings. The van der Waals surface area contributed by atoms with Gasteiger partial charge < -0.3 is 20.1 Å². The van der Waals surface area contributed by atoms with Gasteiger partial charge in [-0.25, -0.2) is 8.42 Å². The maximum atomic E-state index is 13.0. The molecule has 1 atom stereocenters. The third-order valence-corrected chi connectivity index (χ3v) is 6.14. The molecule has 0 saturated carbocycles. The van der Waals surface area contributed by atoms with Crippen LogP contribution in [0.25, 0.3) is 0 Å². The number of nitrogens with two attached hydrogens (primary N) is 1. The van der Waals surface area contributed by atoms with Gasteiger partial charge in [0.25, 0.3) is 0 Å². The lowest BCUT2D eigenvalue weighted by molar-refractivity contribution is -0.135. The number of piperidine rings is 1. The number of carbonyl (C=O) groups is 2. The molecule has 2 rings (SSSR count). The molecule has 0 unspecified atom stereocenters. The molecule has 156 valence electrons. The van der Waals surface area contributed by atoms with E-state index >= 15 is 0 Å². The van der Waals surface area contributed by atoms with Gasteiger partial charge in [0.1, 0.15) is 6.04 Å². The first-order valence-corrected chi connectivity index (χ1v) is 10.7. The van der Waals surface area contributed by atoms with Gasteiger partial charge in [-0.05, 0) is 31.9 Å². The highest BCUT2D eigenvalue weighted by Crippen LogP contribution is 2.33. The summed E-state index contributed by atoms with van der Waals surface area (Å²) >= 11 is 0. The average Bonchev–Trinajstić information content (AvgIpc) is 2.66. The Morgan fingerprint density at radius 1 is 1.18 bits per heavy atom. The first kappa shape index (κ1) is 21.8. The normalized spacial score (nSPS) is 16.4. The van der Waals surface area contributed by atoms with E-state index in [1.165, 1.54) is 20.3 Å². The van der Waals surface area contributed by atoms with Crippen LogP contribution in [0, 0.1) is 5.92 Å². The number of hydrogen-bond acceptors (Lipinski definition) is 6. The van der Waals surface area contributed by atoms with E-state index in [2.05, 4.69) is 0 Å². The Morgan fingerprint density at radius 2 is 1.75 bits per heavy atom. The van der Waals surface area contributed by atoms with E-state index in [-0.39, 0.29) is 17.7 Å². The summed E-state index contributed by atoms with van der Waals surface area (Å²) in [5.41, 5.74) is 5.63. The Hall–Kier alpha value is -2.49. The zero-order valence-electron chi connectivity index (χ0n) is 16.5. The third kappa shape index (κ3) is 4.67. The molecule has 0 bridgehead atoms. The number of amides is 2. The Morgan fingerprint density at radius 3 is 2.21 bits per heavy atom. The molecule has 1 saturated heterocycles. The first-order valence-electron chi connectivity index (χ1n) is 8.89. The maximum Gasteiger partial charge on any atom is 0.246 e. The molecule has 1 aromatic carbocycles. The van der Waals surface area contributed by atoms with Crippen LogP contribution in [0.1, 0.15) is 19.8 Å². The highest BCUT2D eigenvalue weighted by molar-refractivity contribution is 7.92. The Labute approximate surface area is 165 Å². The highest BCUT2D eigenvalue weighted by Gasteiger charge is 2.34. The molecule has 28 heavy (non-hydrogen) atoms. The van der Waals surface area contributed by atoms with Crippen molar-refractivity contribution in [3.8, 4) is 11.5 Å². The Bertz CT molecular complexity index is 834. The van der Waals surface area contributed by atoms with Gasteiger partial charge in [-0.1, -0.05) is 0 Å². The smallest absolute Gasteiger partial charge is 0.246 e. The number of likely N-dealkylation sites (tertiary alicyclic amines) is 1. The Kier molecular flexibility index (Phi) is 6.76. The van der Waals surface area contributed by atoms with Gasteiger partial charge in [-0.15, -0.1) is 0 Å². The standard InChI is InChI=1S/C18H27N3O6S/c1-12(18(23)20-9-7-13(8-10-20)17(19)22)21(28(4,24)25)14-5-6-15(26-2)16(11-14)27-3/h5-6,11-13H,7-10H2,1-4H3,(H2,19,22)/t12-/m0/s1. The van der Waals surface area contributed by atoms with Crippen LogP contribution in [0.4, 0.5) is 5.69 Å². The van der Waals surface area contributed by atoms with Crippen molar-refractivity contribution in [1.29, 1.82) is 0 Å². The van der Waals surface area contributed by atoms with Crippen LogP contribution in [0.3, 0.4) is 0 Å². The monoisotopic (exact) mass is 413 g/mol. The van der Waals surface area contributed by atoms with Gasteiger partial charge in [-0.3, -0.25) is 13.9 Å². The summed E-state index contributed by atoms with van der Waals surface area (Å²) in [7, 11) is -0.826. The average molecular weight is 413 g/mol. The Balaban J connectivity index is 2.29. The van der Waals surface area contributed by atoms with Gasteiger partial charge in [0, 0.05) is 25.1 Å². The summed E-state index contributed by atoms with van der Waals surface area (Å²) in [5.74, 6) is -0.148. The van der Waals surface area contributed by atoms with Crippen LogP contribution < -0.4 is 19.5 Å². The minimum atomic E-state index is -3.75. The quantitative estimate of drug-likeness (QED) is 0.698. The van der Waals surface area contributed by atoms with Crippen LogP contribution >= 0.6 is 0 Å². The predicted molar refractivity (Wildman–Crippen MR) is 105 cm³/mol. The van der Waals surface area contributed by atoms with Crippen LogP contribution in [-0.2, 0) is 19.6 Å². The molecule has 0 radical (unpaired) electrons. The number of carbonyl (C=O) groups excluding carboxylic acids is 2. The van der Waals surface area contributed by atoms with Crippen molar-refractivity contribution in [2.24, 2.45) is 11.7 Å². The molecule has 2 amide bonds. The number of benzene rings is 1. The number of anilines is 1. The van der Waals surface area contributed by atoms with Crippen LogP contribution in [0.15, 0.2) is 18.2 Å². The van der Waals surface area contributed by atoms with Crippen molar-refractivity contribution in [3.63, 3.8) is 0 Å². The van der Waals surface area contributed by atoms with Crippen LogP contribution in [0.5, 0.6) is 11.5 Å². The van der Waals surface area contributed by atoms with Crippen molar-refractivity contribution in [2.45, 2.75) is 25.8 Å². The zero-order valence-corrected chi connectivity index (χ0v) is 17.4. The number of primary amides is 1.